The van der Waals surface area contributed by atoms with Crippen LogP contribution < -0.4 is 14.4 Å². The topological polar surface area (TPSA) is 72.0 Å². The number of fused-ring (bicyclic) bond motifs is 1. The van der Waals surface area contributed by atoms with E-state index in [-0.39, 0.29) is 17.6 Å². The number of carbonyl (C=O) groups excluding carboxylic acids is 2. The lowest BCUT2D eigenvalue weighted by Gasteiger charge is -2.32. The summed E-state index contributed by atoms with van der Waals surface area (Å²) in [5.74, 6) is 2.16. The van der Waals surface area contributed by atoms with E-state index in [1.807, 2.05) is 29.2 Å². The van der Waals surface area contributed by atoms with E-state index in [4.69, 9.17) is 9.47 Å². The number of anilines is 1. The van der Waals surface area contributed by atoms with Gasteiger partial charge in [0.1, 0.15) is 19.0 Å². The minimum absolute atomic E-state index is 0.0141. The van der Waals surface area contributed by atoms with E-state index in [0.29, 0.717) is 61.8 Å². The molecule has 5 rings (SSSR count). The number of ketones is 1. The third-order valence-electron chi connectivity index (χ3n) is 6.40. The molecule has 3 aliphatic rings. The number of hydrogen-bond acceptors (Lipinski definition) is 6. The zero-order valence-corrected chi connectivity index (χ0v) is 17.6. The average molecular weight is 421 g/mol. The molecule has 0 bridgehead atoms. The summed E-state index contributed by atoms with van der Waals surface area (Å²) in [7, 11) is 0. The summed E-state index contributed by atoms with van der Waals surface area (Å²) in [5, 5.41) is 0. The summed E-state index contributed by atoms with van der Waals surface area (Å²) in [6, 6.07) is 9.10. The van der Waals surface area contributed by atoms with Crippen LogP contribution in [0.4, 0.5) is 5.82 Å². The highest BCUT2D eigenvalue weighted by Gasteiger charge is 2.31. The van der Waals surface area contributed by atoms with Crippen LogP contribution in [0.1, 0.15) is 46.4 Å². The monoisotopic (exact) mass is 421 g/mol. The van der Waals surface area contributed by atoms with Crippen LogP contribution in [0.5, 0.6) is 11.5 Å². The van der Waals surface area contributed by atoms with Crippen molar-refractivity contribution >= 4 is 17.5 Å². The number of nitrogens with zero attached hydrogens (tertiary/aromatic N) is 3. The summed E-state index contributed by atoms with van der Waals surface area (Å²) in [4.78, 5) is 34.8. The molecular weight excluding hydrogens is 394 g/mol. The highest BCUT2D eigenvalue weighted by Crippen LogP contribution is 2.33. The van der Waals surface area contributed by atoms with Gasteiger partial charge in [0.15, 0.2) is 17.3 Å². The van der Waals surface area contributed by atoms with Crippen molar-refractivity contribution in [1.29, 1.82) is 0 Å². The van der Waals surface area contributed by atoms with Gasteiger partial charge >= 0.3 is 0 Å². The lowest BCUT2D eigenvalue weighted by Crippen LogP contribution is -2.41. The van der Waals surface area contributed by atoms with Gasteiger partial charge in [0.25, 0.3) is 5.91 Å². The minimum Gasteiger partial charge on any atom is -0.486 e. The summed E-state index contributed by atoms with van der Waals surface area (Å²) in [6.07, 6.45) is 5.36. The molecule has 2 aromatic rings. The second-order valence-corrected chi connectivity index (χ2v) is 8.36. The zero-order chi connectivity index (χ0) is 21.2. The normalized spacial score (nSPS) is 18.8. The third-order valence-corrected chi connectivity index (χ3v) is 6.40. The van der Waals surface area contributed by atoms with Crippen molar-refractivity contribution in [2.75, 3.05) is 44.3 Å². The highest BCUT2D eigenvalue weighted by molar-refractivity contribution is 6.00. The fraction of sp³-hybridized carbons (Fsp3) is 0.458. The van der Waals surface area contributed by atoms with Gasteiger partial charge in [0, 0.05) is 43.9 Å². The Kier molecular flexibility index (Phi) is 5.49. The fourth-order valence-electron chi connectivity index (χ4n) is 4.69. The Balaban J connectivity index is 1.25. The first-order chi connectivity index (χ1) is 15.2. The molecule has 1 aromatic heterocycles. The first-order valence-corrected chi connectivity index (χ1v) is 11.1. The Bertz CT molecular complexity index is 979. The maximum Gasteiger partial charge on any atom is 0.257 e. The summed E-state index contributed by atoms with van der Waals surface area (Å²) in [5.41, 5.74) is 1.32. The molecule has 0 radical (unpaired) electrons. The number of amides is 1. The van der Waals surface area contributed by atoms with Gasteiger partial charge in [0.2, 0.25) is 0 Å². The molecule has 0 saturated carbocycles. The molecule has 1 aromatic carbocycles. The predicted octanol–water partition coefficient (Wildman–Crippen LogP) is 3.19. The molecular formula is C24H27N3O4. The Morgan fingerprint density at radius 1 is 0.935 bits per heavy atom. The first-order valence-electron chi connectivity index (χ1n) is 11.1. The molecule has 0 N–H and O–H groups in total. The van der Waals surface area contributed by atoms with E-state index in [1.54, 1.807) is 12.3 Å². The number of pyridine rings is 1. The Labute approximate surface area is 182 Å². The highest BCUT2D eigenvalue weighted by atomic mass is 16.6. The van der Waals surface area contributed by atoms with Crippen LogP contribution in [0.2, 0.25) is 0 Å². The van der Waals surface area contributed by atoms with E-state index >= 15 is 0 Å². The van der Waals surface area contributed by atoms with Crippen molar-refractivity contribution in [3.8, 4) is 11.5 Å². The molecule has 31 heavy (non-hydrogen) atoms. The van der Waals surface area contributed by atoms with Crippen LogP contribution in [-0.2, 0) is 0 Å². The first kappa shape index (κ1) is 19.8. The van der Waals surface area contributed by atoms with Crippen LogP contribution >= 0.6 is 0 Å². The minimum atomic E-state index is -0.0847. The van der Waals surface area contributed by atoms with Gasteiger partial charge in [-0.2, -0.15) is 0 Å². The van der Waals surface area contributed by atoms with Crippen LogP contribution in [0.15, 0.2) is 36.5 Å². The molecule has 2 fully saturated rings. The number of piperidine rings is 1. The van der Waals surface area contributed by atoms with Crippen molar-refractivity contribution < 1.29 is 19.1 Å². The van der Waals surface area contributed by atoms with Crippen molar-refractivity contribution in [3.05, 3.63) is 47.7 Å². The molecule has 162 valence electrons. The number of aromatic nitrogens is 1. The summed E-state index contributed by atoms with van der Waals surface area (Å²) >= 11 is 0. The Morgan fingerprint density at radius 3 is 2.45 bits per heavy atom. The average Bonchev–Trinajstić information content (AvgIpc) is 3.38. The van der Waals surface area contributed by atoms with E-state index in [1.165, 1.54) is 0 Å². The van der Waals surface area contributed by atoms with Gasteiger partial charge in [0.05, 0.1) is 5.56 Å². The molecule has 3 aliphatic heterocycles. The molecule has 0 atom stereocenters. The van der Waals surface area contributed by atoms with Gasteiger partial charge in [-0.15, -0.1) is 0 Å². The van der Waals surface area contributed by atoms with Gasteiger partial charge in [-0.3, -0.25) is 9.59 Å². The number of rotatable bonds is 4. The van der Waals surface area contributed by atoms with Crippen LogP contribution in [0, 0.1) is 5.92 Å². The lowest BCUT2D eigenvalue weighted by atomic mass is 9.88. The molecule has 4 heterocycles. The molecule has 7 heteroatoms. The molecule has 7 nitrogen and oxygen atoms in total. The molecule has 0 unspecified atom stereocenters. The maximum atomic E-state index is 13.2. The molecule has 2 saturated heterocycles. The summed E-state index contributed by atoms with van der Waals surface area (Å²) in [6.45, 7) is 4.08. The second kappa shape index (κ2) is 8.57. The van der Waals surface area contributed by atoms with Gasteiger partial charge < -0.3 is 19.3 Å². The SMILES string of the molecule is O=C(c1ccc2c(c1)OCCO2)C1CCN(C(=O)c2cccnc2N2CCCC2)CC1. The van der Waals surface area contributed by atoms with Gasteiger partial charge in [-0.05, 0) is 56.0 Å². The number of benzene rings is 1. The van der Waals surface area contributed by atoms with Crippen LogP contribution in [-0.4, -0.2) is 61.0 Å². The second-order valence-electron chi connectivity index (χ2n) is 8.36. The molecule has 0 aliphatic carbocycles. The van der Waals surface area contributed by atoms with Crippen molar-refractivity contribution in [2.45, 2.75) is 25.7 Å². The maximum absolute atomic E-state index is 13.2. The fourth-order valence-corrected chi connectivity index (χ4v) is 4.69. The standard InChI is InChI=1S/C24H27N3O4/c28-22(18-5-6-20-21(16-18)31-15-14-30-20)17-7-12-27(13-8-17)24(29)19-4-3-9-25-23(19)26-10-1-2-11-26/h3-6,9,16-17H,1-2,7-8,10-15H2. The third kappa shape index (κ3) is 3.96. The van der Waals surface area contributed by atoms with E-state index in [9.17, 15) is 9.59 Å². The van der Waals surface area contributed by atoms with E-state index in [0.717, 1.165) is 31.7 Å². The molecule has 1 amide bonds. The zero-order valence-electron chi connectivity index (χ0n) is 17.6. The number of ether oxygens (including phenoxy) is 2. The number of hydrogen-bond donors (Lipinski definition) is 0. The number of carbonyl (C=O) groups is 2. The number of Topliss-reactive ketones (excluding diaryl/α,β-unsaturated/α-hetero) is 1. The largest absolute Gasteiger partial charge is 0.486 e. The van der Waals surface area contributed by atoms with Crippen molar-refractivity contribution in [3.63, 3.8) is 0 Å². The van der Waals surface area contributed by atoms with Gasteiger partial charge in [-0.1, -0.05) is 0 Å². The number of likely N-dealkylation sites (tertiary alicyclic amines) is 1. The Hall–Kier alpha value is -3.09. The lowest BCUT2D eigenvalue weighted by molar-refractivity contribution is 0.0650. The molecule has 0 spiro atoms. The van der Waals surface area contributed by atoms with Crippen molar-refractivity contribution in [1.82, 2.24) is 9.88 Å². The van der Waals surface area contributed by atoms with Crippen molar-refractivity contribution in [2.24, 2.45) is 5.92 Å². The predicted molar refractivity (Wildman–Crippen MR) is 116 cm³/mol. The smallest absolute Gasteiger partial charge is 0.257 e. The van der Waals surface area contributed by atoms with Crippen LogP contribution in [0.25, 0.3) is 0 Å². The van der Waals surface area contributed by atoms with Crippen LogP contribution in [0.3, 0.4) is 0 Å². The Morgan fingerprint density at radius 2 is 1.68 bits per heavy atom. The quantitative estimate of drug-likeness (QED) is 0.706. The summed E-state index contributed by atoms with van der Waals surface area (Å²) < 4.78 is 11.2. The van der Waals surface area contributed by atoms with Gasteiger partial charge in [-0.25, -0.2) is 4.98 Å². The van der Waals surface area contributed by atoms with E-state index < -0.39 is 0 Å². The van der Waals surface area contributed by atoms with E-state index in [2.05, 4.69) is 9.88 Å².